The topological polar surface area (TPSA) is 63.3 Å². The van der Waals surface area contributed by atoms with Gasteiger partial charge in [-0.2, -0.15) is 0 Å². The van der Waals surface area contributed by atoms with E-state index < -0.39 is 11.5 Å². The van der Waals surface area contributed by atoms with Gasteiger partial charge < -0.3 is 10.8 Å². The fraction of sp³-hybridized carbons (Fsp3) is 0.533. The van der Waals surface area contributed by atoms with Crippen LogP contribution < -0.4 is 5.73 Å². The number of nitrogens with two attached hydrogens (primary N) is 1. The molecule has 0 bridgehead atoms. The molecule has 0 fully saturated rings. The van der Waals surface area contributed by atoms with E-state index in [4.69, 9.17) is 10.8 Å². The third-order valence-corrected chi connectivity index (χ3v) is 3.36. The number of aliphatic carboxylic acids is 1. The summed E-state index contributed by atoms with van der Waals surface area (Å²) in [6, 6.07) is 6.74. The molecule has 0 aliphatic rings. The molecule has 3 N–H and O–H groups in total. The third-order valence-electron chi connectivity index (χ3n) is 3.36. The van der Waals surface area contributed by atoms with Crippen LogP contribution in [-0.4, -0.2) is 16.6 Å². The molecule has 2 atom stereocenters. The zero-order valence-corrected chi connectivity index (χ0v) is 11.5. The van der Waals surface area contributed by atoms with Crippen LogP contribution in [0.3, 0.4) is 0 Å². The van der Waals surface area contributed by atoms with E-state index >= 15 is 0 Å². The first-order chi connectivity index (χ1) is 8.83. The van der Waals surface area contributed by atoms with Crippen molar-refractivity contribution < 1.29 is 14.3 Å². The van der Waals surface area contributed by atoms with Gasteiger partial charge in [-0.15, -0.1) is 0 Å². The number of hydrogen-bond donors (Lipinski definition) is 2. The highest BCUT2D eigenvalue weighted by atomic mass is 19.1. The molecular weight excluding hydrogens is 245 g/mol. The van der Waals surface area contributed by atoms with Gasteiger partial charge in [0.25, 0.3) is 0 Å². The van der Waals surface area contributed by atoms with Crippen molar-refractivity contribution in [3.8, 4) is 0 Å². The lowest BCUT2D eigenvalue weighted by Crippen LogP contribution is -2.46. The lowest BCUT2D eigenvalue weighted by Gasteiger charge is -2.23. The van der Waals surface area contributed by atoms with Crippen LogP contribution in [0.1, 0.15) is 38.7 Å². The maximum Gasteiger partial charge on any atom is 0.323 e. The van der Waals surface area contributed by atoms with Gasteiger partial charge in [0.15, 0.2) is 0 Å². The third kappa shape index (κ3) is 4.99. The van der Waals surface area contributed by atoms with Gasteiger partial charge in [-0.3, -0.25) is 4.79 Å². The molecule has 0 saturated heterocycles. The molecule has 0 amide bonds. The second-order valence-corrected chi connectivity index (χ2v) is 5.52. The summed E-state index contributed by atoms with van der Waals surface area (Å²) in [5, 5.41) is 8.96. The van der Waals surface area contributed by atoms with Crippen LogP contribution in [0.2, 0.25) is 0 Å². The molecule has 0 heterocycles. The van der Waals surface area contributed by atoms with Crippen LogP contribution >= 0.6 is 0 Å². The van der Waals surface area contributed by atoms with Gasteiger partial charge >= 0.3 is 5.97 Å². The number of carbonyl (C=O) groups is 1. The number of benzene rings is 1. The van der Waals surface area contributed by atoms with E-state index in [2.05, 4.69) is 0 Å². The predicted octanol–water partition coefficient (Wildman–Crippen LogP) is 2.98. The number of carboxylic acid groups (broad SMARTS) is 1. The number of halogens is 1. The Morgan fingerprint density at radius 2 is 2.11 bits per heavy atom. The Hall–Kier alpha value is -1.42. The molecule has 1 rings (SSSR count). The standard InChI is InChI=1S/C15H22FNO2/c1-11(10-15(2,17)14(18)19)6-5-8-12-7-3-4-9-13(12)16/h3-4,7,9,11H,5-6,8,10,17H2,1-2H3,(H,18,19)/t11-,15+/m0/s1. The largest absolute Gasteiger partial charge is 0.480 e. The van der Waals surface area contributed by atoms with E-state index in [0.717, 1.165) is 12.8 Å². The van der Waals surface area contributed by atoms with Crippen LogP contribution in [-0.2, 0) is 11.2 Å². The van der Waals surface area contributed by atoms with Crippen LogP contribution in [0, 0.1) is 11.7 Å². The molecule has 1 aromatic rings. The minimum absolute atomic E-state index is 0.177. The zero-order valence-electron chi connectivity index (χ0n) is 11.5. The van der Waals surface area contributed by atoms with Crippen molar-refractivity contribution in [1.82, 2.24) is 0 Å². The lowest BCUT2D eigenvalue weighted by molar-refractivity contribution is -0.143. The molecule has 0 spiro atoms. The Morgan fingerprint density at radius 1 is 1.47 bits per heavy atom. The first kappa shape index (κ1) is 15.6. The van der Waals surface area contributed by atoms with Crippen LogP contribution in [0.5, 0.6) is 0 Å². The second kappa shape index (κ2) is 6.66. The number of carboxylic acids is 1. The molecule has 4 heteroatoms. The molecule has 0 saturated carbocycles. The van der Waals surface area contributed by atoms with E-state index in [1.807, 2.05) is 13.0 Å². The summed E-state index contributed by atoms with van der Waals surface area (Å²) >= 11 is 0. The summed E-state index contributed by atoms with van der Waals surface area (Å²) in [4.78, 5) is 10.9. The molecule has 0 aliphatic heterocycles. The molecule has 0 aromatic heterocycles. The highest BCUT2D eigenvalue weighted by molar-refractivity contribution is 5.77. The zero-order chi connectivity index (χ0) is 14.5. The summed E-state index contributed by atoms with van der Waals surface area (Å²) in [6.07, 6.45) is 2.77. The summed E-state index contributed by atoms with van der Waals surface area (Å²) in [6.45, 7) is 3.51. The molecule has 106 valence electrons. The smallest absolute Gasteiger partial charge is 0.323 e. The number of rotatable bonds is 7. The molecule has 19 heavy (non-hydrogen) atoms. The van der Waals surface area contributed by atoms with Crippen molar-refractivity contribution in [2.24, 2.45) is 11.7 Å². The van der Waals surface area contributed by atoms with Crippen molar-refractivity contribution in [2.75, 3.05) is 0 Å². The van der Waals surface area contributed by atoms with Gasteiger partial charge in [0.1, 0.15) is 11.4 Å². The van der Waals surface area contributed by atoms with Crippen molar-refractivity contribution in [1.29, 1.82) is 0 Å². The molecule has 0 unspecified atom stereocenters. The Labute approximate surface area is 113 Å². The fourth-order valence-corrected chi connectivity index (χ4v) is 2.26. The highest BCUT2D eigenvalue weighted by Crippen LogP contribution is 2.20. The normalized spacial score (nSPS) is 15.8. The van der Waals surface area contributed by atoms with Crippen LogP contribution in [0.15, 0.2) is 24.3 Å². The van der Waals surface area contributed by atoms with Gasteiger partial charge in [0.2, 0.25) is 0 Å². The van der Waals surface area contributed by atoms with E-state index in [0.29, 0.717) is 18.4 Å². The monoisotopic (exact) mass is 267 g/mol. The van der Waals surface area contributed by atoms with Gasteiger partial charge in [0.05, 0.1) is 0 Å². The summed E-state index contributed by atoms with van der Waals surface area (Å²) in [5.74, 6) is -0.948. The summed E-state index contributed by atoms with van der Waals surface area (Å²) in [7, 11) is 0. The molecule has 1 aromatic carbocycles. The van der Waals surface area contributed by atoms with Crippen molar-refractivity contribution in [3.05, 3.63) is 35.6 Å². The Bertz CT molecular complexity index is 432. The number of hydrogen-bond acceptors (Lipinski definition) is 2. The molecule has 3 nitrogen and oxygen atoms in total. The molecular formula is C15H22FNO2. The molecule has 0 radical (unpaired) electrons. The average molecular weight is 267 g/mol. The Kier molecular flexibility index (Phi) is 5.48. The maximum absolute atomic E-state index is 13.4. The summed E-state index contributed by atoms with van der Waals surface area (Å²) in [5.41, 5.74) is 5.24. The van der Waals surface area contributed by atoms with Crippen LogP contribution in [0.4, 0.5) is 4.39 Å². The minimum atomic E-state index is -1.18. The quantitative estimate of drug-likeness (QED) is 0.798. The maximum atomic E-state index is 13.4. The first-order valence-corrected chi connectivity index (χ1v) is 6.58. The van der Waals surface area contributed by atoms with Crippen molar-refractivity contribution >= 4 is 5.97 Å². The van der Waals surface area contributed by atoms with Crippen LogP contribution in [0.25, 0.3) is 0 Å². The van der Waals surface area contributed by atoms with E-state index in [1.165, 1.54) is 13.0 Å². The Balaban J connectivity index is 2.38. The Morgan fingerprint density at radius 3 is 2.68 bits per heavy atom. The van der Waals surface area contributed by atoms with Gasteiger partial charge in [-0.05, 0) is 43.7 Å². The van der Waals surface area contributed by atoms with Gasteiger partial charge in [-0.25, -0.2) is 4.39 Å². The van der Waals surface area contributed by atoms with Crippen molar-refractivity contribution in [3.63, 3.8) is 0 Å². The SMILES string of the molecule is C[C@@H](CCCc1ccccc1F)C[C@@](C)(N)C(=O)O. The average Bonchev–Trinajstić information content (AvgIpc) is 2.30. The molecule has 0 aliphatic carbocycles. The lowest BCUT2D eigenvalue weighted by atomic mass is 9.87. The van der Waals surface area contributed by atoms with E-state index in [9.17, 15) is 9.18 Å². The van der Waals surface area contributed by atoms with Crippen molar-refractivity contribution in [2.45, 2.75) is 45.1 Å². The second-order valence-electron chi connectivity index (χ2n) is 5.52. The summed E-state index contributed by atoms with van der Waals surface area (Å²) < 4.78 is 13.4. The fourth-order valence-electron chi connectivity index (χ4n) is 2.26. The van der Waals surface area contributed by atoms with Gasteiger partial charge in [-0.1, -0.05) is 31.5 Å². The van der Waals surface area contributed by atoms with Gasteiger partial charge in [0, 0.05) is 0 Å². The number of aryl methyl sites for hydroxylation is 1. The minimum Gasteiger partial charge on any atom is -0.480 e. The van der Waals surface area contributed by atoms with E-state index in [1.54, 1.807) is 12.1 Å². The van der Waals surface area contributed by atoms with E-state index in [-0.39, 0.29) is 11.7 Å². The highest BCUT2D eigenvalue weighted by Gasteiger charge is 2.29. The first-order valence-electron chi connectivity index (χ1n) is 6.58. The predicted molar refractivity (Wildman–Crippen MR) is 73.3 cm³/mol.